The van der Waals surface area contributed by atoms with Gasteiger partial charge in [0, 0.05) is 26.8 Å². The fourth-order valence-electron chi connectivity index (χ4n) is 1.51. The molecule has 7 heteroatoms. The second-order valence-corrected chi connectivity index (χ2v) is 4.35. The Bertz CT molecular complexity index is 354. The van der Waals surface area contributed by atoms with Crippen LogP contribution in [0.1, 0.15) is 18.7 Å². The summed E-state index contributed by atoms with van der Waals surface area (Å²) in [6.07, 6.45) is 2.45. The van der Waals surface area contributed by atoms with Crippen LogP contribution in [-0.4, -0.2) is 49.7 Å². The zero-order valence-electron chi connectivity index (χ0n) is 10.8. The maximum atomic E-state index is 5.44. The first kappa shape index (κ1) is 13.3. The van der Waals surface area contributed by atoms with Gasteiger partial charge in [0.2, 0.25) is 5.89 Å². The van der Waals surface area contributed by atoms with Gasteiger partial charge in [0.15, 0.2) is 0 Å². The van der Waals surface area contributed by atoms with E-state index in [0.717, 1.165) is 0 Å². The van der Waals surface area contributed by atoms with Gasteiger partial charge in [0.1, 0.15) is 0 Å². The zero-order chi connectivity index (χ0) is 12.8. The first-order valence-electron chi connectivity index (χ1n) is 6.13. The molecular formula is C11H20N4O3. The second kappa shape index (κ2) is 6.67. The average molecular weight is 256 g/mol. The van der Waals surface area contributed by atoms with E-state index in [9.17, 15) is 0 Å². The van der Waals surface area contributed by atoms with Gasteiger partial charge < -0.3 is 24.5 Å². The molecule has 0 aliphatic heterocycles. The van der Waals surface area contributed by atoms with Crippen LogP contribution in [0.25, 0.3) is 0 Å². The van der Waals surface area contributed by atoms with Crippen LogP contribution >= 0.6 is 0 Å². The Balaban J connectivity index is 1.71. The molecule has 1 aromatic rings. The van der Waals surface area contributed by atoms with Gasteiger partial charge in [-0.3, -0.25) is 0 Å². The summed E-state index contributed by atoms with van der Waals surface area (Å²) in [5.74, 6) is 0.602. The third-order valence-electron chi connectivity index (χ3n) is 2.75. The number of nitrogens with zero attached hydrogens (tertiary/aromatic N) is 2. The molecule has 0 spiro atoms. The molecule has 1 aliphatic rings. The number of hydrogen-bond donors (Lipinski definition) is 2. The van der Waals surface area contributed by atoms with Crippen molar-refractivity contribution in [3.63, 3.8) is 0 Å². The maximum Gasteiger partial charge on any atom is 0.315 e. The molecule has 1 saturated carbocycles. The standard InChI is InChI=1S/C11H20N4O3/c1-16-7-9(17-2)5-13-11-15-14-10(18-11)6-12-8-3-4-8/h8-9,12H,3-7H2,1-2H3,(H,13,15). The molecule has 1 atom stereocenters. The van der Waals surface area contributed by atoms with E-state index >= 15 is 0 Å². The molecule has 1 aromatic heterocycles. The van der Waals surface area contributed by atoms with Crippen LogP contribution < -0.4 is 10.6 Å². The minimum atomic E-state index is -0.0325. The topological polar surface area (TPSA) is 81.4 Å². The number of methoxy groups -OCH3 is 2. The van der Waals surface area contributed by atoms with Gasteiger partial charge in [-0.25, -0.2) is 0 Å². The van der Waals surface area contributed by atoms with Crippen LogP contribution in [0, 0.1) is 0 Å². The number of aromatic nitrogens is 2. The van der Waals surface area contributed by atoms with Crippen LogP contribution in [-0.2, 0) is 16.0 Å². The number of rotatable bonds is 9. The predicted molar refractivity (Wildman–Crippen MR) is 65.3 cm³/mol. The fourth-order valence-corrected chi connectivity index (χ4v) is 1.51. The Morgan fingerprint density at radius 1 is 1.39 bits per heavy atom. The molecule has 0 bridgehead atoms. The molecule has 102 valence electrons. The molecule has 0 aromatic carbocycles. The summed E-state index contributed by atoms with van der Waals surface area (Å²) in [6, 6.07) is 1.05. The van der Waals surface area contributed by atoms with Crippen molar-refractivity contribution in [2.75, 3.05) is 32.7 Å². The summed E-state index contributed by atoms with van der Waals surface area (Å²) < 4.78 is 15.7. The van der Waals surface area contributed by atoms with E-state index < -0.39 is 0 Å². The highest BCUT2D eigenvalue weighted by Gasteiger charge is 2.21. The highest BCUT2D eigenvalue weighted by atomic mass is 16.5. The fraction of sp³-hybridized carbons (Fsp3) is 0.818. The van der Waals surface area contributed by atoms with Crippen molar-refractivity contribution in [3.8, 4) is 0 Å². The number of nitrogens with one attached hydrogen (secondary N) is 2. The highest BCUT2D eigenvalue weighted by Crippen LogP contribution is 2.19. The van der Waals surface area contributed by atoms with Gasteiger partial charge in [-0.1, -0.05) is 5.10 Å². The molecular weight excluding hydrogens is 236 g/mol. The molecule has 0 radical (unpaired) electrons. The molecule has 2 rings (SSSR count). The molecule has 0 amide bonds. The number of ether oxygens (including phenoxy) is 2. The maximum absolute atomic E-state index is 5.44. The third kappa shape index (κ3) is 4.25. The first-order chi connectivity index (χ1) is 8.81. The van der Waals surface area contributed by atoms with E-state index in [2.05, 4.69) is 20.8 Å². The van der Waals surface area contributed by atoms with Crippen molar-refractivity contribution in [2.45, 2.75) is 31.5 Å². The summed E-state index contributed by atoms with van der Waals surface area (Å²) in [5.41, 5.74) is 0. The minimum absolute atomic E-state index is 0.0325. The zero-order valence-corrected chi connectivity index (χ0v) is 10.8. The summed E-state index contributed by atoms with van der Waals surface area (Å²) in [6.45, 7) is 1.72. The van der Waals surface area contributed by atoms with Gasteiger partial charge in [-0.05, 0) is 12.8 Å². The Kier molecular flexibility index (Phi) is 4.91. The highest BCUT2D eigenvalue weighted by molar-refractivity contribution is 5.17. The molecule has 1 fully saturated rings. The minimum Gasteiger partial charge on any atom is -0.407 e. The summed E-state index contributed by atoms with van der Waals surface area (Å²) >= 11 is 0. The second-order valence-electron chi connectivity index (χ2n) is 4.35. The predicted octanol–water partition coefficient (Wildman–Crippen LogP) is 0.395. The lowest BCUT2D eigenvalue weighted by Crippen LogP contribution is -2.26. The van der Waals surface area contributed by atoms with E-state index in [1.165, 1.54) is 12.8 Å². The van der Waals surface area contributed by atoms with Crippen LogP contribution in [0.5, 0.6) is 0 Å². The third-order valence-corrected chi connectivity index (χ3v) is 2.75. The summed E-state index contributed by atoms with van der Waals surface area (Å²) in [4.78, 5) is 0. The Hall–Kier alpha value is -1.18. The quantitative estimate of drug-likeness (QED) is 0.661. The van der Waals surface area contributed by atoms with Gasteiger partial charge in [-0.15, -0.1) is 5.10 Å². The summed E-state index contributed by atoms with van der Waals surface area (Å²) in [5, 5.41) is 14.2. The Morgan fingerprint density at radius 3 is 2.89 bits per heavy atom. The van der Waals surface area contributed by atoms with E-state index in [1.54, 1.807) is 14.2 Å². The van der Waals surface area contributed by atoms with E-state index in [0.29, 0.717) is 37.6 Å². The molecule has 1 heterocycles. The van der Waals surface area contributed by atoms with Gasteiger partial charge >= 0.3 is 6.01 Å². The molecule has 0 saturated heterocycles. The lowest BCUT2D eigenvalue weighted by atomic mass is 10.4. The molecule has 1 unspecified atom stereocenters. The Labute approximate surface area is 106 Å². The smallest absolute Gasteiger partial charge is 0.315 e. The monoisotopic (exact) mass is 256 g/mol. The Morgan fingerprint density at radius 2 is 2.22 bits per heavy atom. The average Bonchev–Trinajstić information content (AvgIpc) is 3.11. The summed E-state index contributed by atoms with van der Waals surface area (Å²) in [7, 11) is 3.28. The van der Waals surface area contributed by atoms with E-state index in [1.807, 2.05) is 0 Å². The van der Waals surface area contributed by atoms with Gasteiger partial charge in [0.05, 0.1) is 19.3 Å². The van der Waals surface area contributed by atoms with Crippen LogP contribution in [0.4, 0.5) is 6.01 Å². The number of hydrogen-bond acceptors (Lipinski definition) is 7. The van der Waals surface area contributed by atoms with Crippen molar-refractivity contribution >= 4 is 6.01 Å². The van der Waals surface area contributed by atoms with E-state index in [-0.39, 0.29) is 6.10 Å². The largest absolute Gasteiger partial charge is 0.407 e. The molecule has 1 aliphatic carbocycles. The van der Waals surface area contributed by atoms with Crippen molar-refractivity contribution < 1.29 is 13.9 Å². The first-order valence-corrected chi connectivity index (χ1v) is 6.13. The van der Waals surface area contributed by atoms with Crippen molar-refractivity contribution in [1.82, 2.24) is 15.5 Å². The van der Waals surface area contributed by atoms with Crippen LogP contribution in [0.3, 0.4) is 0 Å². The van der Waals surface area contributed by atoms with Crippen molar-refractivity contribution in [3.05, 3.63) is 5.89 Å². The van der Waals surface area contributed by atoms with Crippen molar-refractivity contribution in [1.29, 1.82) is 0 Å². The van der Waals surface area contributed by atoms with Gasteiger partial charge in [0.25, 0.3) is 0 Å². The molecule has 18 heavy (non-hydrogen) atoms. The lowest BCUT2D eigenvalue weighted by molar-refractivity contribution is 0.0363. The molecule has 7 nitrogen and oxygen atoms in total. The van der Waals surface area contributed by atoms with Crippen molar-refractivity contribution in [2.24, 2.45) is 0 Å². The normalized spacial score (nSPS) is 16.8. The number of anilines is 1. The van der Waals surface area contributed by atoms with Gasteiger partial charge in [-0.2, -0.15) is 0 Å². The van der Waals surface area contributed by atoms with E-state index in [4.69, 9.17) is 13.9 Å². The SMILES string of the molecule is COCC(CNc1nnc(CNC2CC2)o1)OC. The molecule has 2 N–H and O–H groups in total. The van der Waals surface area contributed by atoms with Crippen LogP contribution in [0.2, 0.25) is 0 Å². The lowest BCUT2D eigenvalue weighted by Gasteiger charge is -2.13. The van der Waals surface area contributed by atoms with Crippen LogP contribution in [0.15, 0.2) is 4.42 Å².